The van der Waals surface area contributed by atoms with Crippen LogP contribution < -0.4 is 0 Å². The van der Waals surface area contributed by atoms with Gasteiger partial charge in [0.05, 0.1) is 0 Å². The molecule has 0 radical (unpaired) electrons. The van der Waals surface area contributed by atoms with Crippen LogP contribution in [0, 0.1) is 0 Å². The third-order valence-electron chi connectivity index (χ3n) is 2.95. The van der Waals surface area contributed by atoms with Gasteiger partial charge in [-0.05, 0) is 25.8 Å². The number of carbonyl (C=O) groups is 1. The van der Waals surface area contributed by atoms with Crippen molar-refractivity contribution in [2.45, 2.75) is 32.5 Å². The molecule has 1 aromatic carbocycles. The number of allylic oxidation sites excluding steroid dienone is 1. The zero-order valence-electron chi connectivity index (χ0n) is 11.5. The fraction of sp³-hybridized carbons (Fsp3) is 0.400. The van der Waals surface area contributed by atoms with Crippen LogP contribution in [0.15, 0.2) is 42.5 Å². The van der Waals surface area contributed by atoms with Crippen LogP contribution in [-0.2, 0) is 11.2 Å². The smallest absolute Gasteiger partial charge is 0.328 e. The molecule has 0 saturated heterocycles. The van der Waals surface area contributed by atoms with Gasteiger partial charge in [0.25, 0.3) is 0 Å². The molecule has 0 spiro atoms. The first kappa shape index (κ1) is 16.3. The lowest BCUT2D eigenvalue weighted by atomic mass is 10.1. The second-order valence-electron chi connectivity index (χ2n) is 4.50. The Morgan fingerprint density at radius 1 is 1.30 bits per heavy atom. The number of nitrogens with zero attached hydrogens (tertiary/aromatic N) is 1. The summed E-state index contributed by atoms with van der Waals surface area (Å²) in [5.74, 6) is -1.79. The van der Waals surface area contributed by atoms with Gasteiger partial charge in [0, 0.05) is 12.6 Å². The zero-order chi connectivity index (χ0) is 15.2. The summed E-state index contributed by atoms with van der Waals surface area (Å²) in [5, 5.41) is 0. The second kappa shape index (κ2) is 7.12. The molecule has 0 bridgehead atoms. The second-order valence-corrected chi connectivity index (χ2v) is 4.50. The maximum absolute atomic E-state index is 12.6. The summed E-state index contributed by atoms with van der Waals surface area (Å²) in [5.41, 5.74) is 0.903. The van der Waals surface area contributed by atoms with Gasteiger partial charge in [0.15, 0.2) is 0 Å². The van der Waals surface area contributed by atoms with Crippen molar-refractivity contribution in [1.29, 1.82) is 0 Å². The van der Waals surface area contributed by atoms with E-state index < -0.39 is 18.1 Å². The summed E-state index contributed by atoms with van der Waals surface area (Å²) in [7, 11) is 0. The largest absolute Gasteiger partial charge is 0.471 e. The van der Waals surface area contributed by atoms with Crippen LogP contribution in [-0.4, -0.2) is 29.6 Å². The Bertz CT molecular complexity index is 454. The summed E-state index contributed by atoms with van der Waals surface area (Å²) >= 11 is 0. The summed E-state index contributed by atoms with van der Waals surface area (Å²) in [6, 6.07) is 8.55. The molecule has 0 aromatic heterocycles. The molecule has 0 aliphatic rings. The van der Waals surface area contributed by atoms with Gasteiger partial charge in [0.1, 0.15) is 0 Å². The lowest BCUT2D eigenvalue weighted by molar-refractivity contribution is -0.186. The number of benzene rings is 1. The average Bonchev–Trinajstić information content (AvgIpc) is 2.39. The summed E-state index contributed by atoms with van der Waals surface area (Å²) < 4.78 is 37.8. The Morgan fingerprint density at radius 2 is 1.90 bits per heavy atom. The standard InChI is InChI=1S/C15H18F3NO/c1-3-7-12(2)19(14(20)15(16,17)18)11-10-13-8-5-4-6-9-13/h3-9,12H,10-11H2,1-2H3/b7-3+/t12-/m0/s1. The highest BCUT2D eigenvalue weighted by atomic mass is 19.4. The maximum Gasteiger partial charge on any atom is 0.471 e. The molecule has 0 aliphatic heterocycles. The molecule has 1 aromatic rings. The van der Waals surface area contributed by atoms with Crippen LogP contribution in [0.25, 0.3) is 0 Å². The molecule has 0 fully saturated rings. The van der Waals surface area contributed by atoms with Crippen molar-refractivity contribution in [2.24, 2.45) is 0 Å². The molecule has 1 amide bonds. The van der Waals surface area contributed by atoms with Gasteiger partial charge >= 0.3 is 12.1 Å². The van der Waals surface area contributed by atoms with E-state index in [0.29, 0.717) is 6.42 Å². The van der Waals surface area contributed by atoms with Gasteiger partial charge in [-0.2, -0.15) is 13.2 Å². The number of alkyl halides is 3. The highest BCUT2D eigenvalue weighted by Gasteiger charge is 2.43. The van der Waals surface area contributed by atoms with Crippen molar-refractivity contribution in [2.75, 3.05) is 6.54 Å². The predicted octanol–water partition coefficient (Wildman–Crippen LogP) is 3.58. The molecular formula is C15H18F3NO. The van der Waals surface area contributed by atoms with Crippen LogP contribution in [0.4, 0.5) is 13.2 Å². The minimum atomic E-state index is -4.84. The van der Waals surface area contributed by atoms with E-state index in [1.165, 1.54) is 0 Å². The minimum absolute atomic E-state index is 0.0356. The third-order valence-corrected chi connectivity index (χ3v) is 2.95. The van der Waals surface area contributed by atoms with Gasteiger partial charge in [0.2, 0.25) is 0 Å². The maximum atomic E-state index is 12.6. The van der Waals surface area contributed by atoms with Crippen molar-refractivity contribution < 1.29 is 18.0 Å². The van der Waals surface area contributed by atoms with Crippen molar-refractivity contribution >= 4 is 5.91 Å². The molecular weight excluding hydrogens is 267 g/mol. The monoisotopic (exact) mass is 285 g/mol. The van der Waals surface area contributed by atoms with E-state index in [9.17, 15) is 18.0 Å². The van der Waals surface area contributed by atoms with Crippen molar-refractivity contribution in [1.82, 2.24) is 4.90 Å². The van der Waals surface area contributed by atoms with Crippen LogP contribution in [0.3, 0.4) is 0 Å². The minimum Gasteiger partial charge on any atom is -0.328 e. The van der Waals surface area contributed by atoms with E-state index >= 15 is 0 Å². The van der Waals surface area contributed by atoms with Gasteiger partial charge in [-0.1, -0.05) is 42.5 Å². The molecule has 0 saturated carbocycles. The first-order chi connectivity index (χ1) is 9.36. The van der Waals surface area contributed by atoms with E-state index in [1.807, 2.05) is 30.3 Å². The van der Waals surface area contributed by atoms with E-state index in [4.69, 9.17) is 0 Å². The molecule has 2 nitrogen and oxygen atoms in total. The van der Waals surface area contributed by atoms with Gasteiger partial charge in [-0.25, -0.2) is 0 Å². The lowest BCUT2D eigenvalue weighted by Crippen LogP contribution is -2.46. The fourth-order valence-electron chi connectivity index (χ4n) is 1.93. The molecule has 0 aliphatic carbocycles. The Kier molecular flexibility index (Phi) is 5.80. The first-order valence-electron chi connectivity index (χ1n) is 6.40. The Labute approximate surface area is 116 Å². The number of carbonyl (C=O) groups excluding carboxylic acids is 1. The molecule has 110 valence electrons. The summed E-state index contributed by atoms with van der Waals surface area (Å²) in [4.78, 5) is 12.3. The number of rotatable bonds is 5. The predicted molar refractivity (Wildman–Crippen MR) is 72.2 cm³/mol. The summed E-state index contributed by atoms with van der Waals surface area (Å²) in [6.07, 6.45) is -1.23. The number of amides is 1. The van der Waals surface area contributed by atoms with Gasteiger partial charge in [-0.15, -0.1) is 0 Å². The van der Waals surface area contributed by atoms with Gasteiger partial charge in [-0.3, -0.25) is 4.79 Å². The van der Waals surface area contributed by atoms with Crippen LogP contribution in [0.1, 0.15) is 19.4 Å². The first-order valence-corrected chi connectivity index (χ1v) is 6.40. The molecule has 0 heterocycles. The third kappa shape index (κ3) is 4.72. The van der Waals surface area contributed by atoms with E-state index in [1.54, 1.807) is 26.0 Å². The van der Waals surface area contributed by atoms with Crippen LogP contribution >= 0.6 is 0 Å². The van der Waals surface area contributed by atoms with E-state index in [0.717, 1.165) is 10.5 Å². The highest BCUT2D eigenvalue weighted by Crippen LogP contribution is 2.20. The summed E-state index contributed by atoms with van der Waals surface area (Å²) in [6.45, 7) is 3.33. The Balaban J connectivity index is 2.80. The van der Waals surface area contributed by atoms with Gasteiger partial charge < -0.3 is 4.90 Å². The quantitative estimate of drug-likeness (QED) is 0.757. The zero-order valence-corrected chi connectivity index (χ0v) is 11.5. The van der Waals surface area contributed by atoms with E-state index in [2.05, 4.69) is 0 Å². The molecule has 20 heavy (non-hydrogen) atoms. The number of halogens is 3. The highest BCUT2D eigenvalue weighted by molar-refractivity contribution is 5.82. The molecule has 0 unspecified atom stereocenters. The Hall–Kier alpha value is -1.78. The van der Waals surface area contributed by atoms with Crippen molar-refractivity contribution in [3.05, 3.63) is 48.0 Å². The number of hydrogen-bond donors (Lipinski definition) is 0. The fourth-order valence-corrected chi connectivity index (χ4v) is 1.93. The normalized spacial score (nSPS) is 13.4. The topological polar surface area (TPSA) is 20.3 Å². The van der Waals surface area contributed by atoms with E-state index in [-0.39, 0.29) is 6.54 Å². The lowest BCUT2D eigenvalue weighted by Gasteiger charge is -2.28. The van der Waals surface area contributed by atoms with Crippen LogP contribution in [0.2, 0.25) is 0 Å². The molecule has 1 rings (SSSR count). The molecule has 1 atom stereocenters. The van der Waals surface area contributed by atoms with Crippen molar-refractivity contribution in [3.8, 4) is 0 Å². The Morgan fingerprint density at radius 3 is 2.40 bits per heavy atom. The molecule has 0 N–H and O–H groups in total. The van der Waals surface area contributed by atoms with Crippen molar-refractivity contribution in [3.63, 3.8) is 0 Å². The molecule has 5 heteroatoms. The van der Waals surface area contributed by atoms with Crippen LogP contribution in [0.5, 0.6) is 0 Å². The SMILES string of the molecule is C/C=C/[C@H](C)N(CCc1ccccc1)C(=O)C(F)(F)F. The average molecular weight is 285 g/mol. The number of hydrogen-bond acceptors (Lipinski definition) is 1.